The molecule has 1 N–H and O–H groups in total. The third-order valence-electron chi connectivity index (χ3n) is 9.74. The maximum Gasteiger partial charge on any atom is 0.410 e. The molecule has 2 aliphatic heterocycles. The average Bonchev–Trinajstić information content (AvgIpc) is 3.61. The van der Waals surface area contributed by atoms with E-state index >= 15 is 0 Å². The lowest BCUT2D eigenvalue weighted by Crippen LogP contribution is -2.67. The summed E-state index contributed by atoms with van der Waals surface area (Å²) < 4.78 is 21.7. The molecule has 2 atom stereocenters. The molecule has 1 spiro atoms. The van der Waals surface area contributed by atoms with Crippen molar-refractivity contribution >= 4 is 23.7 Å². The molecule has 0 radical (unpaired) electrons. The van der Waals surface area contributed by atoms with Crippen LogP contribution in [0.15, 0.2) is 18.2 Å². The van der Waals surface area contributed by atoms with Crippen molar-refractivity contribution in [1.82, 2.24) is 4.90 Å². The van der Waals surface area contributed by atoms with Crippen molar-refractivity contribution in [2.45, 2.75) is 101 Å². The van der Waals surface area contributed by atoms with Crippen molar-refractivity contribution in [3.05, 3.63) is 29.3 Å². The molecule has 5 fully saturated rings. The van der Waals surface area contributed by atoms with Gasteiger partial charge < -0.3 is 29.0 Å². The van der Waals surface area contributed by atoms with Gasteiger partial charge in [0, 0.05) is 19.2 Å². The van der Waals surface area contributed by atoms with Crippen molar-refractivity contribution < 1.29 is 38.4 Å². The topological polar surface area (TPSA) is 115 Å². The number of rotatable bonds is 10. The Hall–Kier alpha value is -2.69. The SMILES string of the molecule is COC(=O)C(CCC(O)OC)N1C(=O)C2(CC2)c2c1cccc2C12CC(COC3CN(C(=O)OC(C)(C)C)C3)(C1)C2. The monoisotopic (exact) mass is 570 g/mol. The Kier molecular flexibility index (Phi) is 6.71. The number of aliphatic hydroxyl groups is 1. The number of carbonyl (C=O) groups is 3. The van der Waals surface area contributed by atoms with Crippen LogP contribution in [0.3, 0.4) is 0 Å². The molecule has 4 saturated carbocycles. The first-order chi connectivity index (χ1) is 19.4. The number of methoxy groups -OCH3 is 2. The van der Waals surface area contributed by atoms with Crippen LogP contribution in [-0.2, 0) is 39.4 Å². The van der Waals surface area contributed by atoms with Crippen LogP contribution in [0.2, 0.25) is 0 Å². The number of aliphatic hydroxyl groups excluding tert-OH is 1. The molecule has 2 unspecified atom stereocenters. The van der Waals surface area contributed by atoms with Crippen LogP contribution in [0, 0.1) is 5.41 Å². The summed E-state index contributed by atoms with van der Waals surface area (Å²) in [7, 11) is 2.74. The van der Waals surface area contributed by atoms with Gasteiger partial charge >= 0.3 is 12.1 Å². The Morgan fingerprint density at radius 3 is 2.37 bits per heavy atom. The molecule has 224 valence electrons. The summed E-state index contributed by atoms with van der Waals surface area (Å²) in [6.45, 7) is 7.40. The zero-order valence-electron chi connectivity index (χ0n) is 24.7. The lowest BCUT2D eigenvalue weighted by Gasteiger charge is -2.71. The summed E-state index contributed by atoms with van der Waals surface area (Å²) in [5.74, 6) is -0.523. The second-order valence-electron chi connectivity index (χ2n) is 13.9. The van der Waals surface area contributed by atoms with Gasteiger partial charge in [-0.3, -0.25) is 9.69 Å². The van der Waals surface area contributed by atoms with E-state index in [1.807, 2.05) is 32.9 Å². The number of likely N-dealkylation sites (tertiary alicyclic amines) is 1. The lowest BCUT2D eigenvalue weighted by molar-refractivity contribution is -0.201. The van der Waals surface area contributed by atoms with Gasteiger partial charge in [0.15, 0.2) is 6.29 Å². The summed E-state index contributed by atoms with van der Waals surface area (Å²) in [6, 6.07) is 5.30. The van der Waals surface area contributed by atoms with E-state index in [1.54, 1.807) is 9.80 Å². The van der Waals surface area contributed by atoms with Gasteiger partial charge in [0.05, 0.1) is 38.3 Å². The molecule has 2 heterocycles. The highest BCUT2D eigenvalue weighted by atomic mass is 16.6. The minimum atomic E-state index is -1.01. The van der Waals surface area contributed by atoms with Gasteiger partial charge in [-0.05, 0) is 87.3 Å². The molecule has 2 bridgehead atoms. The Labute approximate surface area is 241 Å². The number of nitrogens with zero attached hydrogens (tertiary/aromatic N) is 2. The Bertz CT molecular complexity index is 1230. The standard InChI is InChI=1S/C31H42N2O8/c1-28(2,3)41-27(37)32-13-19(14-32)40-18-29-15-30(16-29,17-29)20-7-6-8-21-24(20)31(11-12-31)26(36)33(21)22(25(35)39-5)9-10-23(34)38-4/h6-8,19,22-23,34H,9-18H2,1-5H3. The third-order valence-corrected chi connectivity index (χ3v) is 9.74. The highest BCUT2D eigenvalue weighted by molar-refractivity contribution is 6.13. The normalized spacial score (nSPS) is 28.8. The molecule has 1 aromatic carbocycles. The average molecular weight is 571 g/mol. The van der Waals surface area contributed by atoms with Crippen molar-refractivity contribution in [2.24, 2.45) is 5.41 Å². The highest BCUT2D eigenvalue weighted by Crippen LogP contribution is 2.76. The van der Waals surface area contributed by atoms with Crippen LogP contribution in [0.1, 0.15) is 76.8 Å². The van der Waals surface area contributed by atoms with Crippen LogP contribution >= 0.6 is 0 Å². The van der Waals surface area contributed by atoms with E-state index in [9.17, 15) is 19.5 Å². The van der Waals surface area contributed by atoms with Crippen LogP contribution < -0.4 is 4.90 Å². The Morgan fingerprint density at radius 1 is 1.10 bits per heavy atom. The Balaban J connectivity index is 1.13. The van der Waals surface area contributed by atoms with E-state index in [-0.39, 0.29) is 41.8 Å². The quantitative estimate of drug-likeness (QED) is 0.336. The van der Waals surface area contributed by atoms with E-state index in [0.29, 0.717) is 19.7 Å². The van der Waals surface area contributed by atoms with E-state index in [2.05, 4.69) is 6.07 Å². The Morgan fingerprint density at radius 2 is 1.78 bits per heavy atom. The second kappa shape index (κ2) is 9.67. The van der Waals surface area contributed by atoms with Crippen molar-refractivity contribution in [1.29, 1.82) is 0 Å². The molecule has 7 rings (SSSR count). The fourth-order valence-corrected chi connectivity index (χ4v) is 7.69. The molecule has 0 aromatic heterocycles. The van der Waals surface area contributed by atoms with Crippen molar-refractivity contribution in [3.63, 3.8) is 0 Å². The zero-order chi connectivity index (χ0) is 29.4. The van der Waals surface area contributed by atoms with E-state index in [1.165, 1.54) is 19.8 Å². The molecule has 6 aliphatic rings. The van der Waals surface area contributed by atoms with Crippen molar-refractivity contribution in [2.75, 3.05) is 38.8 Å². The fourth-order valence-electron chi connectivity index (χ4n) is 7.69. The maximum atomic E-state index is 13.9. The third kappa shape index (κ3) is 4.62. The smallest absolute Gasteiger partial charge is 0.410 e. The number of hydrogen-bond donors (Lipinski definition) is 1. The molecule has 2 amide bonds. The van der Waals surface area contributed by atoms with Gasteiger partial charge in [0.1, 0.15) is 11.6 Å². The van der Waals surface area contributed by atoms with E-state index in [0.717, 1.165) is 43.4 Å². The van der Waals surface area contributed by atoms with Crippen LogP contribution in [-0.4, -0.2) is 85.9 Å². The number of anilines is 1. The molecule has 1 saturated heterocycles. The number of amides is 2. The minimum Gasteiger partial charge on any atom is -0.467 e. The number of carbonyl (C=O) groups excluding carboxylic acids is 3. The van der Waals surface area contributed by atoms with Gasteiger partial charge in [-0.15, -0.1) is 0 Å². The summed E-state index contributed by atoms with van der Waals surface area (Å²) >= 11 is 0. The van der Waals surface area contributed by atoms with Crippen LogP contribution in [0.5, 0.6) is 0 Å². The van der Waals surface area contributed by atoms with Crippen LogP contribution in [0.4, 0.5) is 10.5 Å². The van der Waals surface area contributed by atoms with Gasteiger partial charge in [-0.1, -0.05) is 12.1 Å². The number of esters is 1. The molecule has 41 heavy (non-hydrogen) atoms. The molecule has 10 heteroatoms. The second-order valence-corrected chi connectivity index (χ2v) is 13.9. The van der Waals surface area contributed by atoms with E-state index < -0.39 is 29.3 Å². The minimum absolute atomic E-state index is 0.0357. The molecular formula is C31H42N2O8. The molecule has 10 nitrogen and oxygen atoms in total. The van der Waals surface area contributed by atoms with Crippen molar-refractivity contribution in [3.8, 4) is 0 Å². The molecule has 1 aromatic rings. The largest absolute Gasteiger partial charge is 0.467 e. The van der Waals surface area contributed by atoms with Gasteiger partial charge in [0.25, 0.3) is 0 Å². The molecule has 4 aliphatic carbocycles. The summed E-state index contributed by atoms with van der Waals surface area (Å²) in [5, 5.41) is 9.96. The molecular weight excluding hydrogens is 528 g/mol. The number of hydrogen-bond acceptors (Lipinski definition) is 8. The first-order valence-corrected chi connectivity index (χ1v) is 14.7. The maximum absolute atomic E-state index is 13.9. The number of fused-ring (bicyclic) bond motifs is 2. The van der Waals surface area contributed by atoms with Gasteiger partial charge in [0.2, 0.25) is 5.91 Å². The first-order valence-electron chi connectivity index (χ1n) is 14.7. The van der Waals surface area contributed by atoms with E-state index in [4.69, 9.17) is 18.9 Å². The summed E-state index contributed by atoms with van der Waals surface area (Å²) in [6.07, 6.45) is 3.80. The summed E-state index contributed by atoms with van der Waals surface area (Å²) in [4.78, 5) is 42.3. The predicted octanol–water partition coefficient (Wildman–Crippen LogP) is 3.41. The van der Waals surface area contributed by atoms with Gasteiger partial charge in [-0.25, -0.2) is 9.59 Å². The number of benzene rings is 1. The predicted molar refractivity (Wildman–Crippen MR) is 148 cm³/mol. The zero-order valence-corrected chi connectivity index (χ0v) is 24.7. The highest BCUT2D eigenvalue weighted by Gasteiger charge is 2.71. The lowest BCUT2D eigenvalue weighted by atomic mass is 9.33. The fraction of sp³-hybridized carbons (Fsp3) is 0.710. The van der Waals surface area contributed by atoms with Gasteiger partial charge in [-0.2, -0.15) is 0 Å². The van der Waals surface area contributed by atoms with Crippen LogP contribution in [0.25, 0.3) is 0 Å². The first kappa shape index (κ1) is 28.4. The summed E-state index contributed by atoms with van der Waals surface area (Å²) in [5.41, 5.74) is 2.26. The number of ether oxygens (including phenoxy) is 4.